The van der Waals surface area contributed by atoms with Crippen LogP contribution in [-0.2, 0) is 10.8 Å². The highest BCUT2D eigenvalue weighted by Crippen LogP contribution is 2.12. The third-order valence-electron chi connectivity index (χ3n) is 2.23. The molecule has 78 valence electrons. The highest BCUT2D eigenvalue weighted by atomic mass is 32.2. The molecule has 0 heterocycles. The van der Waals surface area contributed by atoms with Crippen molar-refractivity contribution >= 4 is 10.8 Å². The van der Waals surface area contributed by atoms with Gasteiger partial charge in [-0.2, -0.15) is 0 Å². The molecule has 2 atom stereocenters. The topological polar surface area (TPSA) is 29.1 Å². The molecule has 1 rings (SSSR count). The molecule has 0 aliphatic heterocycles. The van der Waals surface area contributed by atoms with E-state index in [9.17, 15) is 4.21 Å². The fraction of sp³-hybridized carbons (Fsp3) is 0.455. The van der Waals surface area contributed by atoms with Crippen LogP contribution in [0.5, 0.6) is 0 Å². The van der Waals surface area contributed by atoms with E-state index in [2.05, 4.69) is 5.32 Å². The van der Waals surface area contributed by atoms with E-state index in [1.807, 2.05) is 45.2 Å². The summed E-state index contributed by atoms with van der Waals surface area (Å²) in [4.78, 5) is 0.953. The maximum atomic E-state index is 11.9. The van der Waals surface area contributed by atoms with Gasteiger partial charge in [-0.1, -0.05) is 18.2 Å². The quantitative estimate of drug-likeness (QED) is 0.821. The van der Waals surface area contributed by atoms with Crippen molar-refractivity contribution in [3.05, 3.63) is 29.8 Å². The molecule has 3 heteroatoms. The van der Waals surface area contributed by atoms with Crippen molar-refractivity contribution in [3.8, 4) is 0 Å². The molecule has 1 aromatic rings. The van der Waals surface area contributed by atoms with E-state index in [0.717, 1.165) is 10.5 Å². The first kappa shape index (κ1) is 11.4. The van der Waals surface area contributed by atoms with Gasteiger partial charge in [-0.15, -0.1) is 0 Å². The van der Waals surface area contributed by atoms with Crippen LogP contribution in [0, 0.1) is 6.92 Å². The Hall–Kier alpha value is -0.670. The van der Waals surface area contributed by atoms with Crippen LogP contribution in [0.2, 0.25) is 0 Å². The monoisotopic (exact) mass is 211 g/mol. The highest BCUT2D eigenvalue weighted by Gasteiger charge is 2.09. The Morgan fingerprint density at radius 1 is 1.43 bits per heavy atom. The summed E-state index contributed by atoms with van der Waals surface area (Å²) < 4.78 is 11.9. The Morgan fingerprint density at radius 2 is 2.07 bits per heavy atom. The highest BCUT2D eigenvalue weighted by molar-refractivity contribution is 7.85. The molecular formula is C11H17NOS. The van der Waals surface area contributed by atoms with Gasteiger partial charge in [-0.25, -0.2) is 0 Å². The summed E-state index contributed by atoms with van der Waals surface area (Å²) in [5.41, 5.74) is 1.11. The molecule has 0 saturated carbocycles. The molecular weight excluding hydrogens is 194 g/mol. The Morgan fingerprint density at radius 3 is 2.64 bits per heavy atom. The van der Waals surface area contributed by atoms with Crippen molar-refractivity contribution in [2.45, 2.75) is 24.8 Å². The molecule has 0 aliphatic carbocycles. The summed E-state index contributed by atoms with van der Waals surface area (Å²) in [5.74, 6) is 0.668. The fourth-order valence-electron chi connectivity index (χ4n) is 1.21. The maximum absolute atomic E-state index is 11.9. The second-order valence-corrected chi connectivity index (χ2v) is 4.93. The Labute approximate surface area is 88.2 Å². The molecule has 2 nitrogen and oxygen atoms in total. The zero-order chi connectivity index (χ0) is 10.6. The average molecular weight is 211 g/mol. The molecule has 1 aromatic carbocycles. The smallest absolute Gasteiger partial charge is 0.0547 e. The summed E-state index contributed by atoms with van der Waals surface area (Å²) in [5, 5.41) is 3.09. The van der Waals surface area contributed by atoms with Crippen molar-refractivity contribution in [2.75, 3.05) is 12.8 Å². The molecule has 0 aromatic heterocycles. The van der Waals surface area contributed by atoms with Crippen molar-refractivity contribution in [2.24, 2.45) is 0 Å². The second-order valence-electron chi connectivity index (χ2n) is 3.47. The van der Waals surface area contributed by atoms with Gasteiger partial charge in [0.05, 0.1) is 10.8 Å². The number of benzene rings is 1. The third kappa shape index (κ3) is 2.93. The first-order valence-corrected chi connectivity index (χ1v) is 6.08. The standard InChI is InChI=1S/C11H17NOS/c1-9-6-4-5-7-11(9)14(13)8-10(2)12-3/h4-7,10,12H,8H2,1-3H3. The number of aryl methyl sites for hydroxylation is 1. The number of hydrogen-bond donors (Lipinski definition) is 1. The summed E-state index contributed by atoms with van der Waals surface area (Å²) in [6, 6.07) is 8.13. The van der Waals surface area contributed by atoms with E-state index < -0.39 is 10.8 Å². The lowest BCUT2D eigenvalue weighted by molar-refractivity contribution is 0.645. The molecule has 2 unspecified atom stereocenters. The molecule has 0 aliphatic rings. The lowest BCUT2D eigenvalue weighted by Crippen LogP contribution is -2.27. The Balaban J connectivity index is 2.75. The van der Waals surface area contributed by atoms with Crippen LogP contribution in [0.15, 0.2) is 29.2 Å². The Bertz CT molecular complexity index is 325. The Kier molecular flexibility index (Phi) is 4.29. The van der Waals surface area contributed by atoms with E-state index in [1.54, 1.807) is 0 Å². The third-order valence-corrected chi connectivity index (χ3v) is 3.98. The molecule has 14 heavy (non-hydrogen) atoms. The van der Waals surface area contributed by atoms with E-state index in [4.69, 9.17) is 0 Å². The van der Waals surface area contributed by atoms with E-state index >= 15 is 0 Å². The van der Waals surface area contributed by atoms with Crippen LogP contribution in [0.25, 0.3) is 0 Å². The van der Waals surface area contributed by atoms with Gasteiger partial charge in [0.15, 0.2) is 0 Å². The van der Waals surface area contributed by atoms with Crippen LogP contribution in [-0.4, -0.2) is 23.1 Å². The maximum Gasteiger partial charge on any atom is 0.0547 e. The van der Waals surface area contributed by atoms with Crippen LogP contribution in [0.1, 0.15) is 12.5 Å². The normalized spacial score (nSPS) is 15.1. The van der Waals surface area contributed by atoms with Gasteiger partial charge in [-0.05, 0) is 32.5 Å². The summed E-state index contributed by atoms with van der Waals surface area (Å²) in [7, 11) is 1.00. The largest absolute Gasteiger partial charge is 0.316 e. The SMILES string of the molecule is CNC(C)CS(=O)c1ccccc1C. The fourth-order valence-corrected chi connectivity index (χ4v) is 2.67. The van der Waals surface area contributed by atoms with Gasteiger partial charge < -0.3 is 5.32 Å². The van der Waals surface area contributed by atoms with Crippen molar-refractivity contribution in [3.63, 3.8) is 0 Å². The first-order chi connectivity index (χ1) is 6.65. The van der Waals surface area contributed by atoms with E-state index in [-0.39, 0.29) is 6.04 Å². The van der Waals surface area contributed by atoms with Gasteiger partial charge >= 0.3 is 0 Å². The lowest BCUT2D eigenvalue weighted by atomic mass is 10.2. The van der Waals surface area contributed by atoms with Crippen LogP contribution < -0.4 is 5.32 Å². The summed E-state index contributed by atoms with van der Waals surface area (Å²) >= 11 is 0. The van der Waals surface area contributed by atoms with Gasteiger partial charge in [0.2, 0.25) is 0 Å². The first-order valence-electron chi connectivity index (χ1n) is 4.76. The number of hydrogen-bond acceptors (Lipinski definition) is 2. The minimum Gasteiger partial charge on any atom is -0.316 e. The van der Waals surface area contributed by atoms with Crippen molar-refractivity contribution < 1.29 is 4.21 Å². The molecule has 1 N–H and O–H groups in total. The molecule has 0 radical (unpaired) electrons. The molecule has 0 fully saturated rings. The van der Waals surface area contributed by atoms with Gasteiger partial charge in [0.25, 0.3) is 0 Å². The van der Waals surface area contributed by atoms with Crippen molar-refractivity contribution in [1.82, 2.24) is 5.32 Å². The minimum absolute atomic E-state index is 0.287. The van der Waals surface area contributed by atoms with Crippen LogP contribution >= 0.6 is 0 Å². The van der Waals surface area contributed by atoms with Crippen molar-refractivity contribution in [1.29, 1.82) is 0 Å². The summed E-state index contributed by atoms with van der Waals surface area (Å²) in [6.07, 6.45) is 0. The van der Waals surface area contributed by atoms with Crippen LogP contribution in [0.3, 0.4) is 0 Å². The lowest BCUT2D eigenvalue weighted by Gasteiger charge is -2.10. The minimum atomic E-state index is -0.887. The van der Waals surface area contributed by atoms with E-state index in [1.165, 1.54) is 0 Å². The van der Waals surface area contributed by atoms with Crippen LogP contribution in [0.4, 0.5) is 0 Å². The van der Waals surface area contributed by atoms with Gasteiger partial charge in [0, 0.05) is 16.7 Å². The molecule has 0 saturated heterocycles. The molecule has 0 amide bonds. The predicted molar refractivity (Wildman–Crippen MR) is 61.0 cm³/mol. The second kappa shape index (κ2) is 5.27. The number of rotatable bonds is 4. The zero-order valence-corrected chi connectivity index (χ0v) is 9.73. The molecule has 0 bridgehead atoms. The average Bonchev–Trinajstić information content (AvgIpc) is 2.18. The van der Waals surface area contributed by atoms with E-state index in [0.29, 0.717) is 5.75 Å². The summed E-state index contributed by atoms with van der Waals surface area (Å²) in [6.45, 7) is 4.04. The predicted octanol–water partition coefficient (Wildman–Crippen LogP) is 1.71. The van der Waals surface area contributed by atoms with Gasteiger partial charge in [0.1, 0.15) is 0 Å². The number of nitrogens with one attached hydrogen (secondary N) is 1. The van der Waals surface area contributed by atoms with Gasteiger partial charge in [-0.3, -0.25) is 4.21 Å². The zero-order valence-electron chi connectivity index (χ0n) is 8.91. The molecule has 0 spiro atoms.